The van der Waals surface area contributed by atoms with Crippen molar-refractivity contribution in [1.82, 2.24) is 5.32 Å². The molecule has 1 heteroatoms. The summed E-state index contributed by atoms with van der Waals surface area (Å²) in [5.74, 6) is 0.891. The Morgan fingerprint density at radius 1 is 1.14 bits per heavy atom. The second-order valence-corrected chi connectivity index (χ2v) is 5.18. The van der Waals surface area contributed by atoms with Crippen LogP contribution in [0, 0.1) is 5.92 Å². The van der Waals surface area contributed by atoms with Crippen LogP contribution in [0.4, 0.5) is 0 Å². The van der Waals surface area contributed by atoms with Crippen LogP contribution in [-0.2, 0) is 0 Å². The van der Waals surface area contributed by atoms with Crippen LogP contribution in [0.5, 0.6) is 0 Å². The van der Waals surface area contributed by atoms with Gasteiger partial charge in [0, 0.05) is 6.04 Å². The first-order valence-electron chi connectivity index (χ1n) is 6.52. The monoisotopic (exact) mass is 197 g/mol. The van der Waals surface area contributed by atoms with E-state index < -0.39 is 0 Å². The minimum absolute atomic E-state index is 0.850. The average molecular weight is 197 g/mol. The molecule has 1 nitrogen and oxygen atoms in total. The number of hydrogen-bond acceptors (Lipinski definition) is 1. The molecule has 1 saturated heterocycles. The Bertz CT molecular complexity index is 125. The maximum atomic E-state index is 3.62. The summed E-state index contributed by atoms with van der Waals surface area (Å²) in [4.78, 5) is 0. The molecule has 0 amide bonds. The van der Waals surface area contributed by atoms with Crippen LogP contribution in [0.25, 0.3) is 0 Å². The molecule has 1 N–H and O–H groups in total. The third kappa shape index (κ3) is 5.64. The predicted molar refractivity (Wildman–Crippen MR) is 63.6 cm³/mol. The highest BCUT2D eigenvalue weighted by Crippen LogP contribution is 2.15. The third-order valence-corrected chi connectivity index (χ3v) is 3.25. The van der Waals surface area contributed by atoms with Crippen LogP contribution in [-0.4, -0.2) is 12.6 Å². The SMILES string of the molecule is CC(C)CCCCC[C@@H]1CCCCN1. The van der Waals surface area contributed by atoms with Gasteiger partial charge in [-0.3, -0.25) is 0 Å². The minimum Gasteiger partial charge on any atom is -0.314 e. The van der Waals surface area contributed by atoms with E-state index in [0.717, 1.165) is 12.0 Å². The molecule has 0 spiro atoms. The molecule has 84 valence electrons. The Kier molecular flexibility index (Phi) is 6.25. The van der Waals surface area contributed by atoms with Crippen LogP contribution in [0.3, 0.4) is 0 Å². The summed E-state index contributed by atoms with van der Waals surface area (Å²) in [6, 6.07) is 0.850. The summed E-state index contributed by atoms with van der Waals surface area (Å²) in [6.45, 7) is 5.90. The highest BCUT2D eigenvalue weighted by atomic mass is 14.9. The van der Waals surface area contributed by atoms with Crippen LogP contribution in [0.1, 0.15) is 65.2 Å². The molecular formula is C13H27N. The Morgan fingerprint density at radius 3 is 2.64 bits per heavy atom. The third-order valence-electron chi connectivity index (χ3n) is 3.25. The van der Waals surface area contributed by atoms with Gasteiger partial charge in [0.15, 0.2) is 0 Å². The highest BCUT2D eigenvalue weighted by molar-refractivity contribution is 4.71. The van der Waals surface area contributed by atoms with Gasteiger partial charge >= 0.3 is 0 Å². The topological polar surface area (TPSA) is 12.0 Å². The maximum absolute atomic E-state index is 3.62. The summed E-state index contributed by atoms with van der Waals surface area (Å²) in [7, 11) is 0. The molecule has 0 aromatic rings. The smallest absolute Gasteiger partial charge is 0.00670 e. The van der Waals surface area contributed by atoms with Gasteiger partial charge in [-0.05, 0) is 31.7 Å². The van der Waals surface area contributed by atoms with E-state index in [2.05, 4.69) is 19.2 Å². The quantitative estimate of drug-likeness (QED) is 0.640. The highest BCUT2D eigenvalue weighted by Gasteiger charge is 2.11. The average Bonchev–Trinajstić information content (AvgIpc) is 2.18. The van der Waals surface area contributed by atoms with E-state index in [9.17, 15) is 0 Å². The molecular weight excluding hydrogens is 170 g/mol. The van der Waals surface area contributed by atoms with E-state index in [4.69, 9.17) is 0 Å². The second kappa shape index (κ2) is 7.28. The van der Waals surface area contributed by atoms with Crippen molar-refractivity contribution in [3.05, 3.63) is 0 Å². The normalized spacial score (nSPS) is 22.9. The van der Waals surface area contributed by atoms with E-state index in [0.29, 0.717) is 0 Å². The zero-order valence-electron chi connectivity index (χ0n) is 10.0. The molecule has 0 aromatic heterocycles. The molecule has 0 radical (unpaired) electrons. The summed E-state index contributed by atoms with van der Waals surface area (Å²) in [5.41, 5.74) is 0. The Hall–Kier alpha value is -0.0400. The maximum Gasteiger partial charge on any atom is 0.00670 e. The Labute approximate surface area is 89.7 Å². The predicted octanol–water partition coefficient (Wildman–Crippen LogP) is 3.74. The molecule has 14 heavy (non-hydrogen) atoms. The molecule has 1 atom stereocenters. The number of unbranched alkanes of at least 4 members (excludes halogenated alkanes) is 2. The van der Waals surface area contributed by atoms with Gasteiger partial charge in [0.25, 0.3) is 0 Å². The van der Waals surface area contributed by atoms with E-state index in [1.807, 2.05) is 0 Å². The fourth-order valence-corrected chi connectivity index (χ4v) is 2.29. The lowest BCUT2D eigenvalue weighted by molar-refractivity contribution is 0.368. The molecule has 1 heterocycles. The molecule has 1 rings (SSSR count). The summed E-state index contributed by atoms with van der Waals surface area (Å²) >= 11 is 0. The molecule has 0 saturated carbocycles. The van der Waals surface area contributed by atoms with Crippen molar-refractivity contribution < 1.29 is 0 Å². The van der Waals surface area contributed by atoms with Crippen molar-refractivity contribution in [3.63, 3.8) is 0 Å². The fraction of sp³-hybridized carbons (Fsp3) is 1.00. The lowest BCUT2D eigenvalue weighted by Crippen LogP contribution is -2.33. The van der Waals surface area contributed by atoms with Crippen molar-refractivity contribution in [1.29, 1.82) is 0 Å². The number of piperidine rings is 1. The van der Waals surface area contributed by atoms with Crippen molar-refractivity contribution in [3.8, 4) is 0 Å². The summed E-state index contributed by atoms with van der Waals surface area (Å²) < 4.78 is 0. The number of nitrogens with one attached hydrogen (secondary N) is 1. The van der Waals surface area contributed by atoms with Crippen molar-refractivity contribution in [2.24, 2.45) is 5.92 Å². The van der Waals surface area contributed by atoms with Gasteiger partial charge in [0.05, 0.1) is 0 Å². The first kappa shape index (κ1) is 12.0. The fourth-order valence-electron chi connectivity index (χ4n) is 2.29. The van der Waals surface area contributed by atoms with Crippen molar-refractivity contribution >= 4 is 0 Å². The molecule has 1 aliphatic heterocycles. The molecule has 0 bridgehead atoms. The zero-order chi connectivity index (χ0) is 10.2. The molecule has 1 aliphatic rings. The largest absolute Gasteiger partial charge is 0.314 e. The van der Waals surface area contributed by atoms with Gasteiger partial charge in [0.2, 0.25) is 0 Å². The van der Waals surface area contributed by atoms with E-state index in [-0.39, 0.29) is 0 Å². The van der Waals surface area contributed by atoms with Crippen molar-refractivity contribution in [2.45, 2.75) is 71.3 Å². The van der Waals surface area contributed by atoms with Crippen LogP contribution in [0.2, 0.25) is 0 Å². The van der Waals surface area contributed by atoms with Gasteiger partial charge in [-0.15, -0.1) is 0 Å². The van der Waals surface area contributed by atoms with Crippen LogP contribution in [0.15, 0.2) is 0 Å². The van der Waals surface area contributed by atoms with Gasteiger partial charge in [-0.1, -0.05) is 46.0 Å². The Balaban J connectivity index is 1.87. The van der Waals surface area contributed by atoms with Gasteiger partial charge in [-0.2, -0.15) is 0 Å². The van der Waals surface area contributed by atoms with Gasteiger partial charge in [-0.25, -0.2) is 0 Å². The summed E-state index contributed by atoms with van der Waals surface area (Å²) in [6.07, 6.45) is 11.4. The standard InChI is InChI=1S/C13H27N/c1-12(2)8-4-3-5-9-13-10-6-7-11-14-13/h12-14H,3-11H2,1-2H3/t13-/m1/s1. The molecule has 0 unspecified atom stereocenters. The lowest BCUT2D eigenvalue weighted by atomic mass is 9.98. The van der Waals surface area contributed by atoms with Crippen LogP contribution < -0.4 is 5.32 Å². The lowest BCUT2D eigenvalue weighted by Gasteiger charge is -2.23. The van der Waals surface area contributed by atoms with E-state index in [1.165, 1.54) is 57.9 Å². The summed E-state index contributed by atoms with van der Waals surface area (Å²) in [5, 5.41) is 3.62. The van der Waals surface area contributed by atoms with Gasteiger partial charge in [0.1, 0.15) is 0 Å². The number of rotatable bonds is 6. The minimum atomic E-state index is 0.850. The van der Waals surface area contributed by atoms with Crippen molar-refractivity contribution in [2.75, 3.05) is 6.54 Å². The molecule has 0 aliphatic carbocycles. The molecule has 1 fully saturated rings. The molecule has 0 aromatic carbocycles. The van der Waals surface area contributed by atoms with E-state index in [1.54, 1.807) is 0 Å². The number of hydrogen-bond donors (Lipinski definition) is 1. The second-order valence-electron chi connectivity index (χ2n) is 5.18. The van der Waals surface area contributed by atoms with Crippen LogP contribution >= 0.6 is 0 Å². The first-order valence-corrected chi connectivity index (χ1v) is 6.52. The van der Waals surface area contributed by atoms with Gasteiger partial charge < -0.3 is 5.32 Å². The Morgan fingerprint density at radius 2 is 2.00 bits per heavy atom. The first-order chi connectivity index (χ1) is 6.79. The van der Waals surface area contributed by atoms with E-state index >= 15 is 0 Å². The zero-order valence-corrected chi connectivity index (χ0v) is 10.0.